The minimum atomic E-state index is -0.475. The SMILES string of the molecule is CC(NC(=O)Nc1ccc(O)cc1)Oc1ccc(C(C)C)cc1. The van der Waals surface area contributed by atoms with Gasteiger partial charge in [-0.15, -0.1) is 0 Å². The molecule has 0 heterocycles. The molecule has 2 rings (SSSR count). The monoisotopic (exact) mass is 314 g/mol. The van der Waals surface area contributed by atoms with Gasteiger partial charge in [-0.2, -0.15) is 0 Å². The van der Waals surface area contributed by atoms with Crippen LogP contribution in [0.3, 0.4) is 0 Å². The summed E-state index contributed by atoms with van der Waals surface area (Å²) in [5.74, 6) is 1.32. The molecule has 0 saturated carbocycles. The average molecular weight is 314 g/mol. The van der Waals surface area contributed by atoms with E-state index in [4.69, 9.17) is 4.74 Å². The molecule has 0 aliphatic heterocycles. The number of nitrogens with one attached hydrogen (secondary N) is 2. The van der Waals surface area contributed by atoms with Crippen molar-refractivity contribution >= 4 is 11.7 Å². The number of ether oxygens (including phenoxy) is 1. The molecule has 0 aromatic heterocycles. The average Bonchev–Trinajstić information content (AvgIpc) is 2.50. The van der Waals surface area contributed by atoms with Gasteiger partial charge in [0.05, 0.1) is 0 Å². The fourth-order valence-electron chi connectivity index (χ4n) is 2.06. The number of urea groups is 1. The van der Waals surface area contributed by atoms with Gasteiger partial charge in [0.2, 0.25) is 0 Å². The standard InChI is InChI=1S/C18H22N2O3/c1-12(2)14-4-10-17(11-5-14)23-13(3)19-18(22)20-15-6-8-16(21)9-7-15/h4-13,21H,1-3H3,(H2,19,20,22). The zero-order chi connectivity index (χ0) is 16.8. The summed E-state index contributed by atoms with van der Waals surface area (Å²) in [4.78, 5) is 11.9. The van der Waals surface area contributed by atoms with Crippen molar-refractivity contribution in [3.8, 4) is 11.5 Å². The van der Waals surface area contributed by atoms with Crippen molar-refractivity contribution in [1.29, 1.82) is 0 Å². The van der Waals surface area contributed by atoms with Crippen LogP contribution < -0.4 is 15.4 Å². The smallest absolute Gasteiger partial charge is 0.322 e. The van der Waals surface area contributed by atoms with Gasteiger partial charge in [0, 0.05) is 5.69 Å². The first kappa shape index (κ1) is 16.7. The van der Waals surface area contributed by atoms with Crippen LogP contribution in [0.1, 0.15) is 32.3 Å². The van der Waals surface area contributed by atoms with E-state index in [1.807, 2.05) is 24.3 Å². The molecule has 5 heteroatoms. The van der Waals surface area contributed by atoms with Crippen molar-refractivity contribution in [3.05, 3.63) is 54.1 Å². The number of phenols is 1. The van der Waals surface area contributed by atoms with Crippen molar-refractivity contribution in [2.45, 2.75) is 32.9 Å². The van der Waals surface area contributed by atoms with Gasteiger partial charge in [-0.3, -0.25) is 0 Å². The Morgan fingerprint density at radius 1 is 1.00 bits per heavy atom. The van der Waals surface area contributed by atoms with Crippen LogP contribution in [0.5, 0.6) is 11.5 Å². The van der Waals surface area contributed by atoms with Gasteiger partial charge in [-0.25, -0.2) is 4.79 Å². The van der Waals surface area contributed by atoms with Crippen molar-refractivity contribution in [2.75, 3.05) is 5.32 Å². The molecule has 0 fully saturated rings. The van der Waals surface area contributed by atoms with Crippen molar-refractivity contribution < 1.29 is 14.6 Å². The fourth-order valence-corrected chi connectivity index (χ4v) is 2.06. The first-order valence-electron chi connectivity index (χ1n) is 7.57. The molecule has 122 valence electrons. The highest BCUT2D eigenvalue weighted by atomic mass is 16.5. The lowest BCUT2D eigenvalue weighted by Gasteiger charge is -2.17. The van der Waals surface area contributed by atoms with Gasteiger partial charge in [0.1, 0.15) is 11.5 Å². The quantitative estimate of drug-likeness (QED) is 0.575. The largest absolute Gasteiger partial charge is 0.508 e. The first-order valence-corrected chi connectivity index (χ1v) is 7.57. The van der Waals surface area contributed by atoms with Crippen molar-refractivity contribution in [3.63, 3.8) is 0 Å². The molecule has 1 unspecified atom stereocenters. The summed E-state index contributed by atoms with van der Waals surface area (Å²) in [6, 6.07) is 13.7. The molecule has 3 N–H and O–H groups in total. The maximum atomic E-state index is 11.9. The number of rotatable bonds is 5. The Hall–Kier alpha value is -2.69. The maximum absolute atomic E-state index is 11.9. The Morgan fingerprint density at radius 2 is 1.61 bits per heavy atom. The van der Waals surface area contributed by atoms with Gasteiger partial charge in [0.15, 0.2) is 6.23 Å². The predicted molar refractivity (Wildman–Crippen MR) is 90.9 cm³/mol. The molecule has 0 aliphatic rings. The van der Waals surface area contributed by atoms with Crippen LogP contribution in [0, 0.1) is 0 Å². The van der Waals surface area contributed by atoms with Gasteiger partial charge in [-0.1, -0.05) is 26.0 Å². The lowest BCUT2D eigenvalue weighted by atomic mass is 10.0. The molecule has 0 saturated heterocycles. The van der Waals surface area contributed by atoms with Gasteiger partial charge < -0.3 is 20.5 Å². The van der Waals surface area contributed by atoms with E-state index in [0.29, 0.717) is 17.4 Å². The van der Waals surface area contributed by atoms with Crippen LogP contribution >= 0.6 is 0 Å². The molecule has 0 bridgehead atoms. The number of benzene rings is 2. The second-order valence-corrected chi connectivity index (χ2v) is 5.63. The lowest BCUT2D eigenvalue weighted by molar-refractivity contribution is 0.183. The molecule has 2 aromatic carbocycles. The summed E-state index contributed by atoms with van der Waals surface area (Å²) in [6.45, 7) is 6.02. The summed E-state index contributed by atoms with van der Waals surface area (Å²) in [5.41, 5.74) is 1.83. The second kappa shape index (κ2) is 7.54. The summed E-state index contributed by atoms with van der Waals surface area (Å²) >= 11 is 0. The van der Waals surface area contributed by atoms with Crippen LogP contribution in [0.4, 0.5) is 10.5 Å². The summed E-state index contributed by atoms with van der Waals surface area (Å²) in [7, 11) is 0. The number of carbonyl (C=O) groups excluding carboxylic acids is 1. The number of anilines is 1. The fraction of sp³-hybridized carbons (Fsp3) is 0.278. The number of aromatic hydroxyl groups is 1. The molecular formula is C18H22N2O3. The Bertz CT molecular complexity index is 636. The van der Waals surface area contributed by atoms with Crippen LogP contribution in [0.15, 0.2) is 48.5 Å². The van der Waals surface area contributed by atoms with Gasteiger partial charge in [-0.05, 0) is 54.8 Å². The summed E-state index contributed by atoms with van der Waals surface area (Å²) < 4.78 is 5.66. The predicted octanol–water partition coefficient (Wildman–Crippen LogP) is 4.06. The van der Waals surface area contributed by atoms with E-state index in [9.17, 15) is 9.90 Å². The van der Waals surface area contributed by atoms with Crippen LogP contribution in [0.25, 0.3) is 0 Å². The van der Waals surface area contributed by atoms with Crippen LogP contribution in [0.2, 0.25) is 0 Å². The highest BCUT2D eigenvalue weighted by molar-refractivity contribution is 5.89. The second-order valence-electron chi connectivity index (χ2n) is 5.63. The third-order valence-electron chi connectivity index (χ3n) is 3.32. The van der Waals surface area contributed by atoms with E-state index in [-0.39, 0.29) is 11.8 Å². The molecule has 0 aliphatic carbocycles. The molecule has 0 radical (unpaired) electrons. The Morgan fingerprint density at radius 3 is 2.17 bits per heavy atom. The highest BCUT2D eigenvalue weighted by Gasteiger charge is 2.09. The van der Waals surface area contributed by atoms with E-state index >= 15 is 0 Å². The number of phenolic OH excluding ortho intramolecular Hbond substituents is 1. The topological polar surface area (TPSA) is 70.6 Å². The molecule has 23 heavy (non-hydrogen) atoms. The molecular weight excluding hydrogens is 292 g/mol. The zero-order valence-corrected chi connectivity index (χ0v) is 13.5. The van der Waals surface area contributed by atoms with Crippen molar-refractivity contribution in [1.82, 2.24) is 5.32 Å². The third-order valence-corrected chi connectivity index (χ3v) is 3.32. The molecule has 2 amide bonds. The molecule has 0 spiro atoms. The normalized spacial score (nSPS) is 11.8. The zero-order valence-electron chi connectivity index (χ0n) is 13.5. The number of hydrogen-bond acceptors (Lipinski definition) is 3. The van der Waals surface area contributed by atoms with E-state index in [2.05, 4.69) is 24.5 Å². The van der Waals surface area contributed by atoms with E-state index in [1.165, 1.54) is 17.7 Å². The van der Waals surface area contributed by atoms with E-state index in [1.54, 1.807) is 19.1 Å². The van der Waals surface area contributed by atoms with Crippen molar-refractivity contribution in [2.24, 2.45) is 0 Å². The van der Waals surface area contributed by atoms with Crippen LogP contribution in [-0.2, 0) is 0 Å². The Kier molecular flexibility index (Phi) is 5.46. The number of hydrogen-bond donors (Lipinski definition) is 3. The van der Waals surface area contributed by atoms with Crippen LogP contribution in [-0.4, -0.2) is 17.4 Å². The Balaban J connectivity index is 1.84. The maximum Gasteiger partial charge on any atom is 0.322 e. The number of amides is 2. The van der Waals surface area contributed by atoms with E-state index < -0.39 is 6.23 Å². The number of carbonyl (C=O) groups is 1. The minimum Gasteiger partial charge on any atom is -0.508 e. The van der Waals surface area contributed by atoms with Gasteiger partial charge in [0.25, 0.3) is 0 Å². The third kappa shape index (κ3) is 5.21. The van der Waals surface area contributed by atoms with Gasteiger partial charge >= 0.3 is 6.03 Å². The lowest BCUT2D eigenvalue weighted by Crippen LogP contribution is -2.39. The summed E-state index contributed by atoms with van der Waals surface area (Å²) in [6.07, 6.45) is -0.475. The minimum absolute atomic E-state index is 0.150. The molecule has 5 nitrogen and oxygen atoms in total. The molecule has 1 atom stereocenters. The highest BCUT2D eigenvalue weighted by Crippen LogP contribution is 2.19. The first-order chi connectivity index (χ1) is 10.9. The van der Waals surface area contributed by atoms with E-state index in [0.717, 1.165) is 0 Å². The Labute approximate surface area is 136 Å². The molecule has 2 aromatic rings. The summed E-state index contributed by atoms with van der Waals surface area (Å²) in [5, 5.41) is 14.6.